The van der Waals surface area contributed by atoms with E-state index in [4.69, 9.17) is 23.7 Å². The zero-order valence-corrected chi connectivity index (χ0v) is 26.6. The Morgan fingerprint density at radius 1 is 0.511 bits per heavy atom. The molecule has 1 saturated heterocycles. The van der Waals surface area contributed by atoms with Crippen LogP contribution < -0.4 is 0 Å². The first-order valence-electron chi connectivity index (χ1n) is 16.1. The second kappa shape index (κ2) is 16.6. The van der Waals surface area contributed by atoms with Crippen molar-refractivity contribution < 1.29 is 28.1 Å². The molecule has 5 atom stereocenters. The number of benzene rings is 5. The lowest BCUT2D eigenvalue weighted by molar-refractivity contribution is -0.275. The summed E-state index contributed by atoms with van der Waals surface area (Å²) < 4.78 is 49.2. The molecule has 242 valence electrons. The summed E-state index contributed by atoms with van der Waals surface area (Å²) in [7, 11) is 0. The van der Waals surface area contributed by atoms with Crippen LogP contribution >= 0.6 is 0 Å². The average Bonchev–Trinajstić information content (AvgIpc) is 3.12. The molecule has 0 aliphatic carbocycles. The Bertz CT molecular complexity index is 1630. The molecule has 1 aliphatic rings. The molecule has 0 aromatic heterocycles. The van der Waals surface area contributed by atoms with Crippen molar-refractivity contribution in [2.75, 3.05) is 6.61 Å². The lowest BCUT2D eigenvalue weighted by Crippen LogP contribution is -2.58. The number of rotatable bonds is 14. The Kier molecular flexibility index (Phi) is 11.6. The summed E-state index contributed by atoms with van der Waals surface area (Å²) in [4.78, 5) is 0. The highest BCUT2D eigenvalue weighted by Gasteiger charge is 2.49. The summed E-state index contributed by atoms with van der Waals surface area (Å²) in [5.74, 6) is -0.319. The molecule has 5 aromatic rings. The molecule has 1 fully saturated rings. The quantitative estimate of drug-likeness (QED) is 0.123. The highest BCUT2D eigenvalue weighted by Crippen LogP contribution is 2.40. The number of ether oxygens (including phenoxy) is 5. The van der Waals surface area contributed by atoms with Crippen molar-refractivity contribution in [1.82, 2.24) is 0 Å². The largest absolute Gasteiger partial charge is 0.374 e. The van der Waals surface area contributed by atoms with Crippen molar-refractivity contribution in [3.8, 4) is 0 Å². The van der Waals surface area contributed by atoms with E-state index < -0.39 is 30.5 Å². The van der Waals surface area contributed by atoms with Gasteiger partial charge in [0.15, 0.2) is 0 Å². The highest BCUT2D eigenvalue weighted by molar-refractivity contribution is 5.29. The fraction of sp³-hybridized carbons (Fsp3) is 0.268. The second-order valence-electron chi connectivity index (χ2n) is 11.9. The van der Waals surface area contributed by atoms with Gasteiger partial charge in [-0.25, -0.2) is 4.39 Å². The molecule has 0 radical (unpaired) electrons. The zero-order chi connectivity index (χ0) is 32.3. The standard InChI is InChI=1S/C41H41FO5/c1-30-15-14-24-35(37(30)42)38-40(45-27-33-20-10-4-11-21-33)41(46-28-34-22-12-5-13-23-34)39(44-26-32-18-8-3-9-19-32)36(47-38)29-43-25-31-16-6-2-7-17-31/h2-24,36,38-41H,25-29H2,1H3. The molecular weight excluding hydrogens is 591 g/mol. The lowest BCUT2D eigenvalue weighted by Gasteiger charge is -2.46. The van der Waals surface area contributed by atoms with Gasteiger partial charge in [-0.3, -0.25) is 0 Å². The van der Waals surface area contributed by atoms with Crippen molar-refractivity contribution in [2.24, 2.45) is 0 Å². The topological polar surface area (TPSA) is 46.2 Å². The highest BCUT2D eigenvalue weighted by atomic mass is 19.1. The van der Waals surface area contributed by atoms with Gasteiger partial charge < -0.3 is 23.7 Å². The number of hydrogen-bond donors (Lipinski definition) is 0. The smallest absolute Gasteiger partial charge is 0.132 e. The van der Waals surface area contributed by atoms with Gasteiger partial charge in [0.1, 0.15) is 36.3 Å². The van der Waals surface area contributed by atoms with Crippen LogP contribution in [-0.4, -0.2) is 31.0 Å². The predicted molar refractivity (Wildman–Crippen MR) is 180 cm³/mol. The summed E-state index contributed by atoms with van der Waals surface area (Å²) >= 11 is 0. The normalized spacial score (nSPS) is 21.0. The molecule has 0 amide bonds. The van der Waals surface area contributed by atoms with Crippen LogP contribution in [0.3, 0.4) is 0 Å². The van der Waals surface area contributed by atoms with Crippen LogP contribution in [-0.2, 0) is 50.1 Å². The molecule has 6 heteroatoms. The Morgan fingerprint density at radius 3 is 1.47 bits per heavy atom. The third-order valence-corrected chi connectivity index (χ3v) is 8.41. The first-order chi connectivity index (χ1) is 23.2. The van der Waals surface area contributed by atoms with Gasteiger partial charge in [-0.15, -0.1) is 0 Å². The molecule has 5 aromatic carbocycles. The van der Waals surface area contributed by atoms with Crippen molar-refractivity contribution in [2.45, 2.75) is 63.9 Å². The minimum atomic E-state index is -0.777. The van der Waals surface area contributed by atoms with E-state index in [0.717, 1.165) is 22.3 Å². The second-order valence-corrected chi connectivity index (χ2v) is 11.9. The first kappa shape index (κ1) is 32.8. The summed E-state index contributed by atoms with van der Waals surface area (Å²) in [6, 6.07) is 45.3. The van der Waals surface area contributed by atoms with Gasteiger partial charge in [-0.2, -0.15) is 0 Å². The van der Waals surface area contributed by atoms with E-state index in [-0.39, 0.29) is 12.4 Å². The monoisotopic (exact) mass is 632 g/mol. The van der Waals surface area contributed by atoms with E-state index >= 15 is 4.39 Å². The number of aryl methyl sites for hydroxylation is 1. The van der Waals surface area contributed by atoms with E-state index in [2.05, 4.69) is 0 Å². The van der Waals surface area contributed by atoms with Gasteiger partial charge in [0.25, 0.3) is 0 Å². The van der Waals surface area contributed by atoms with Gasteiger partial charge in [0, 0.05) is 5.56 Å². The van der Waals surface area contributed by atoms with Crippen LogP contribution in [0, 0.1) is 12.7 Å². The fourth-order valence-electron chi connectivity index (χ4n) is 5.93. The van der Waals surface area contributed by atoms with Crippen molar-refractivity contribution >= 4 is 0 Å². The molecule has 5 unspecified atom stereocenters. The number of hydrogen-bond acceptors (Lipinski definition) is 5. The lowest BCUT2D eigenvalue weighted by atomic mass is 9.89. The number of halogens is 1. The molecule has 6 rings (SSSR count). The molecule has 0 saturated carbocycles. The molecule has 0 bridgehead atoms. The van der Waals surface area contributed by atoms with Gasteiger partial charge in [0.2, 0.25) is 0 Å². The third kappa shape index (κ3) is 8.80. The Morgan fingerprint density at radius 2 is 0.957 bits per heavy atom. The molecule has 0 N–H and O–H groups in total. The minimum Gasteiger partial charge on any atom is -0.374 e. The van der Waals surface area contributed by atoms with Gasteiger partial charge in [0.05, 0.1) is 33.0 Å². The Labute approximate surface area is 276 Å². The summed E-state index contributed by atoms with van der Waals surface area (Å²) in [6.45, 7) is 3.34. The van der Waals surface area contributed by atoms with Crippen LogP contribution in [0.2, 0.25) is 0 Å². The fourth-order valence-corrected chi connectivity index (χ4v) is 5.93. The Hall–Kier alpha value is -4.17. The molecule has 0 spiro atoms. The third-order valence-electron chi connectivity index (χ3n) is 8.41. The van der Waals surface area contributed by atoms with Crippen molar-refractivity contribution in [3.05, 3.63) is 179 Å². The maximum Gasteiger partial charge on any atom is 0.132 e. The van der Waals surface area contributed by atoms with Crippen LogP contribution in [0.5, 0.6) is 0 Å². The van der Waals surface area contributed by atoms with Gasteiger partial charge >= 0.3 is 0 Å². The van der Waals surface area contributed by atoms with Crippen LogP contribution in [0.15, 0.2) is 140 Å². The average molecular weight is 633 g/mol. The van der Waals surface area contributed by atoms with Crippen LogP contribution in [0.25, 0.3) is 0 Å². The molecular formula is C41H41FO5. The van der Waals surface area contributed by atoms with Crippen LogP contribution in [0.1, 0.15) is 39.5 Å². The van der Waals surface area contributed by atoms with Crippen molar-refractivity contribution in [1.29, 1.82) is 0 Å². The minimum absolute atomic E-state index is 0.217. The molecule has 47 heavy (non-hydrogen) atoms. The predicted octanol–water partition coefficient (Wildman–Crippen LogP) is 8.55. The molecule has 1 heterocycles. The van der Waals surface area contributed by atoms with E-state index in [0.29, 0.717) is 37.6 Å². The van der Waals surface area contributed by atoms with E-state index in [1.165, 1.54) is 0 Å². The van der Waals surface area contributed by atoms with E-state index in [1.54, 1.807) is 19.1 Å². The summed E-state index contributed by atoms with van der Waals surface area (Å²) in [6.07, 6.45) is -3.25. The molecule has 1 aliphatic heterocycles. The first-order valence-corrected chi connectivity index (χ1v) is 16.1. The van der Waals surface area contributed by atoms with Gasteiger partial charge in [-0.1, -0.05) is 140 Å². The SMILES string of the molecule is Cc1cccc(C2OC(COCc3ccccc3)C(OCc3ccccc3)C(OCc3ccccc3)C2OCc2ccccc2)c1F. The summed E-state index contributed by atoms with van der Waals surface area (Å²) in [5, 5.41) is 0. The van der Waals surface area contributed by atoms with Gasteiger partial charge in [-0.05, 0) is 34.7 Å². The Balaban J connectivity index is 1.36. The van der Waals surface area contributed by atoms with Crippen LogP contribution in [0.4, 0.5) is 4.39 Å². The zero-order valence-electron chi connectivity index (χ0n) is 26.6. The van der Waals surface area contributed by atoms with Crippen molar-refractivity contribution in [3.63, 3.8) is 0 Å². The van der Waals surface area contributed by atoms with E-state index in [1.807, 2.05) is 127 Å². The summed E-state index contributed by atoms with van der Waals surface area (Å²) in [5.41, 5.74) is 5.03. The molecule has 5 nitrogen and oxygen atoms in total. The maximum absolute atomic E-state index is 15.9. The maximum atomic E-state index is 15.9. The van der Waals surface area contributed by atoms with E-state index in [9.17, 15) is 0 Å².